The first-order valence-electron chi connectivity index (χ1n) is 8.55. The van der Waals surface area contributed by atoms with Gasteiger partial charge in [0.25, 0.3) is 5.91 Å². The molecule has 0 fully saturated rings. The number of amides is 1. The van der Waals surface area contributed by atoms with Crippen molar-refractivity contribution in [2.75, 3.05) is 5.32 Å². The molecule has 1 rings (SSSR count). The largest absolute Gasteiger partial charge is 0.462 e. The predicted molar refractivity (Wildman–Crippen MR) is 82.7 cm³/mol. The average molecular weight is 585 g/mol. The molecule has 2 atom stereocenters. The highest BCUT2D eigenvalue weighted by molar-refractivity contribution is 5.96. The smallest absolute Gasteiger partial charge is 0.321 e. The van der Waals surface area contributed by atoms with Gasteiger partial charge in [0.1, 0.15) is 0 Å². The predicted octanol–water partition coefficient (Wildman–Crippen LogP) is 6.81. The summed E-state index contributed by atoms with van der Waals surface area (Å²) in [6.45, 7) is 1.20. The third kappa shape index (κ3) is 5.96. The van der Waals surface area contributed by atoms with Crippen molar-refractivity contribution in [3.8, 4) is 0 Å². The Hall–Kier alpha value is -2.58. The highest BCUT2D eigenvalue weighted by Crippen LogP contribution is 2.56. The second kappa shape index (κ2) is 9.31. The van der Waals surface area contributed by atoms with E-state index in [9.17, 15) is 79.4 Å². The number of nitrogens with one attached hydrogen (secondary N) is 1. The molecule has 0 radical (unpaired) electrons. The SMILES string of the molecule is Cc1cccc(NC(=O)C(F)(OC(F)(F)C(F)(OC(F)(F)C(F)(F)C(F)(F)F)C(F)(F)F)C(F)(F)F)c1. The molecular weight excluding hydrogens is 577 g/mol. The van der Waals surface area contributed by atoms with E-state index in [2.05, 4.69) is 0 Å². The fraction of sp³-hybridized carbons (Fsp3) is 0.562. The minimum absolute atomic E-state index is 0.0848. The number of halogens is 17. The molecule has 2 unspecified atom stereocenters. The highest BCUT2D eigenvalue weighted by atomic mass is 19.4. The Bertz CT molecular complexity index is 986. The van der Waals surface area contributed by atoms with Gasteiger partial charge in [0.15, 0.2) is 0 Å². The standard InChI is InChI=1S/C16H8F17NO3/c1-6-3-2-4-7(5-6)34-8(35)9(17,12(21,22)23)36-16(32,33)11(20,14(27,28)29)37-15(30,31)10(18,19)13(24,25)26/h2-5H,1H3,(H,34,35). The van der Waals surface area contributed by atoms with Crippen molar-refractivity contribution in [3.05, 3.63) is 29.8 Å². The molecule has 1 aromatic rings. The van der Waals surface area contributed by atoms with Crippen molar-refractivity contribution >= 4 is 11.6 Å². The number of benzene rings is 1. The van der Waals surface area contributed by atoms with Crippen LogP contribution >= 0.6 is 0 Å². The Morgan fingerprint density at radius 3 is 1.54 bits per heavy atom. The van der Waals surface area contributed by atoms with Gasteiger partial charge in [0.2, 0.25) is 0 Å². The van der Waals surface area contributed by atoms with E-state index in [-0.39, 0.29) is 5.56 Å². The quantitative estimate of drug-likeness (QED) is 0.342. The number of ether oxygens (including phenoxy) is 2. The van der Waals surface area contributed by atoms with Gasteiger partial charge in [-0.15, -0.1) is 0 Å². The van der Waals surface area contributed by atoms with Crippen molar-refractivity contribution in [2.45, 2.75) is 55.3 Å². The maximum Gasteiger partial charge on any atom is 0.462 e. The van der Waals surface area contributed by atoms with Gasteiger partial charge in [-0.3, -0.25) is 14.3 Å². The molecule has 0 heterocycles. The number of rotatable bonds is 8. The normalized spacial score (nSPS) is 17.7. The first-order valence-corrected chi connectivity index (χ1v) is 8.55. The highest BCUT2D eigenvalue weighted by Gasteiger charge is 2.85. The van der Waals surface area contributed by atoms with Crippen LogP contribution in [0.25, 0.3) is 0 Å². The van der Waals surface area contributed by atoms with E-state index in [1.165, 1.54) is 17.7 Å². The Morgan fingerprint density at radius 1 is 0.676 bits per heavy atom. The molecule has 0 saturated heterocycles. The van der Waals surface area contributed by atoms with Gasteiger partial charge >= 0.3 is 48.4 Å². The Balaban J connectivity index is 3.63. The van der Waals surface area contributed by atoms with Crippen LogP contribution in [0, 0.1) is 6.92 Å². The minimum Gasteiger partial charge on any atom is -0.321 e. The van der Waals surface area contributed by atoms with Gasteiger partial charge in [-0.05, 0) is 24.6 Å². The summed E-state index contributed by atoms with van der Waals surface area (Å²) in [5.41, 5.74) is -0.792. The van der Waals surface area contributed by atoms with E-state index in [0.29, 0.717) is 12.1 Å². The van der Waals surface area contributed by atoms with E-state index >= 15 is 0 Å². The molecule has 0 aromatic heterocycles. The summed E-state index contributed by atoms with van der Waals surface area (Å²) < 4.78 is 226. The topological polar surface area (TPSA) is 47.6 Å². The molecule has 0 saturated carbocycles. The van der Waals surface area contributed by atoms with E-state index in [4.69, 9.17) is 0 Å². The van der Waals surface area contributed by atoms with Gasteiger partial charge in [0, 0.05) is 5.69 Å². The molecule has 0 bridgehead atoms. The summed E-state index contributed by atoms with van der Waals surface area (Å²) in [5, 5.41) is 0.881. The third-order valence-electron chi connectivity index (χ3n) is 3.93. The third-order valence-corrected chi connectivity index (χ3v) is 3.93. The lowest BCUT2D eigenvalue weighted by molar-refractivity contribution is -0.548. The molecule has 0 aliphatic heterocycles. The van der Waals surface area contributed by atoms with Crippen LogP contribution in [0.4, 0.5) is 80.3 Å². The van der Waals surface area contributed by atoms with Crippen molar-refractivity contribution in [2.24, 2.45) is 0 Å². The van der Waals surface area contributed by atoms with Gasteiger partial charge in [-0.1, -0.05) is 12.1 Å². The summed E-state index contributed by atoms with van der Waals surface area (Å²) >= 11 is 0. The molecule has 214 valence electrons. The number of alkyl halides is 17. The van der Waals surface area contributed by atoms with Crippen LogP contribution in [0.5, 0.6) is 0 Å². The van der Waals surface area contributed by atoms with E-state index in [1.54, 1.807) is 0 Å². The van der Waals surface area contributed by atoms with Crippen LogP contribution < -0.4 is 5.32 Å². The van der Waals surface area contributed by atoms with Gasteiger partial charge in [-0.25, -0.2) is 0 Å². The molecule has 4 nitrogen and oxygen atoms in total. The van der Waals surface area contributed by atoms with Gasteiger partial charge in [-0.2, -0.15) is 74.6 Å². The lowest BCUT2D eigenvalue weighted by Gasteiger charge is -2.40. The summed E-state index contributed by atoms with van der Waals surface area (Å²) in [7, 11) is 0. The van der Waals surface area contributed by atoms with Crippen LogP contribution in [0.15, 0.2) is 24.3 Å². The summed E-state index contributed by atoms with van der Waals surface area (Å²) in [5.74, 6) is -26.2. The zero-order chi connectivity index (χ0) is 29.7. The monoisotopic (exact) mass is 585 g/mol. The molecule has 0 aliphatic rings. The molecular formula is C16H8F17NO3. The fourth-order valence-electron chi connectivity index (χ4n) is 2.10. The average Bonchev–Trinajstić information content (AvgIpc) is 2.64. The number of hydrogen-bond donors (Lipinski definition) is 1. The second-order valence-corrected chi connectivity index (χ2v) is 6.82. The van der Waals surface area contributed by atoms with Crippen molar-refractivity contribution in [1.29, 1.82) is 0 Å². The molecule has 1 amide bonds. The summed E-state index contributed by atoms with van der Waals surface area (Å²) in [6, 6.07) is 3.51. The molecule has 0 aliphatic carbocycles. The zero-order valence-electron chi connectivity index (χ0n) is 17.0. The summed E-state index contributed by atoms with van der Waals surface area (Å²) in [4.78, 5) is 11.7. The Kier molecular flexibility index (Phi) is 8.17. The van der Waals surface area contributed by atoms with Gasteiger partial charge < -0.3 is 5.32 Å². The van der Waals surface area contributed by atoms with Crippen LogP contribution in [0.2, 0.25) is 0 Å². The molecule has 0 spiro atoms. The van der Waals surface area contributed by atoms with Crippen LogP contribution in [-0.2, 0) is 14.3 Å². The van der Waals surface area contributed by atoms with E-state index in [0.717, 1.165) is 11.4 Å². The molecule has 37 heavy (non-hydrogen) atoms. The fourth-order valence-corrected chi connectivity index (χ4v) is 2.10. The first kappa shape index (κ1) is 32.4. The number of anilines is 1. The van der Waals surface area contributed by atoms with Crippen molar-refractivity contribution in [1.82, 2.24) is 0 Å². The number of carbonyl (C=O) groups excluding carboxylic acids is 1. The lowest BCUT2D eigenvalue weighted by atomic mass is 10.2. The summed E-state index contributed by atoms with van der Waals surface area (Å²) in [6.07, 6.45) is -38.5. The zero-order valence-corrected chi connectivity index (χ0v) is 17.0. The molecule has 21 heteroatoms. The number of hydrogen-bond acceptors (Lipinski definition) is 3. The second-order valence-electron chi connectivity index (χ2n) is 6.82. The Labute approximate surface area is 192 Å². The first-order chi connectivity index (χ1) is 16.1. The minimum atomic E-state index is -8.05. The molecule has 1 N–H and O–H groups in total. The van der Waals surface area contributed by atoms with E-state index in [1.807, 2.05) is 4.74 Å². The maximum atomic E-state index is 14.4. The number of aryl methyl sites for hydroxylation is 1. The maximum absolute atomic E-state index is 14.4. The van der Waals surface area contributed by atoms with Crippen molar-refractivity contribution < 1.29 is 88.9 Å². The Morgan fingerprint density at radius 2 is 1.16 bits per heavy atom. The van der Waals surface area contributed by atoms with Gasteiger partial charge in [0.05, 0.1) is 0 Å². The van der Waals surface area contributed by atoms with Crippen molar-refractivity contribution in [3.63, 3.8) is 0 Å². The lowest BCUT2D eigenvalue weighted by Crippen LogP contribution is -2.68. The van der Waals surface area contributed by atoms with E-state index < -0.39 is 60.0 Å². The molecule has 1 aromatic carbocycles. The number of carbonyl (C=O) groups is 1. The van der Waals surface area contributed by atoms with Crippen LogP contribution in [0.1, 0.15) is 5.56 Å². The van der Waals surface area contributed by atoms with Crippen LogP contribution in [-0.4, -0.2) is 54.3 Å². The van der Waals surface area contributed by atoms with Crippen LogP contribution in [0.3, 0.4) is 0 Å².